The molecule has 0 atom stereocenters. The molecule has 0 amide bonds. The molecule has 2 aromatic carbocycles. The molecule has 0 unspecified atom stereocenters. The van der Waals surface area contributed by atoms with Gasteiger partial charge < -0.3 is 15.2 Å². The van der Waals surface area contributed by atoms with Crippen LogP contribution in [0.2, 0.25) is 0 Å². The maximum absolute atomic E-state index is 13.8. The lowest BCUT2D eigenvalue weighted by atomic mass is 10.1. The lowest BCUT2D eigenvalue weighted by Gasteiger charge is -2.12. The van der Waals surface area contributed by atoms with Crippen molar-refractivity contribution in [1.29, 1.82) is 0 Å². The molecule has 3 nitrogen and oxygen atoms in total. The van der Waals surface area contributed by atoms with Crippen molar-refractivity contribution in [1.82, 2.24) is 0 Å². The van der Waals surface area contributed by atoms with Crippen LogP contribution in [0.15, 0.2) is 42.5 Å². The topological polar surface area (TPSA) is 44.5 Å². The third-order valence-electron chi connectivity index (χ3n) is 2.99. The van der Waals surface area contributed by atoms with Gasteiger partial charge >= 0.3 is 0 Å². The lowest BCUT2D eigenvalue weighted by molar-refractivity contribution is 0.317. The Kier molecular flexibility index (Phi) is 5.58. The molecule has 0 fully saturated rings. The Hall–Kier alpha value is -2.07. The number of hydrogen-bond donors (Lipinski definition) is 1. The monoisotopic (exact) mass is 289 g/mol. The van der Waals surface area contributed by atoms with Crippen LogP contribution in [0.3, 0.4) is 0 Å². The Balaban J connectivity index is 2.12. The molecule has 0 spiro atoms. The highest BCUT2D eigenvalue weighted by Crippen LogP contribution is 2.28. The minimum atomic E-state index is -0.291. The van der Waals surface area contributed by atoms with Crippen LogP contribution in [-0.4, -0.2) is 13.2 Å². The molecule has 4 heteroatoms. The second kappa shape index (κ2) is 7.64. The Morgan fingerprint density at radius 3 is 2.43 bits per heavy atom. The Morgan fingerprint density at radius 2 is 1.76 bits per heavy atom. The van der Waals surface area contributed by atoms with Crippen LogP contribution in [0.1, 0.15) is 18.9 Å². The van der Waals surface area contributed by atoms with Crippen LogP contribution >= 0.6 is 0 Å². The third-order valence-corrected chi connectivity index (χ3v) is 2.99. The van der Waals surface area contributed by atoms with Gasteiger partial charge in [0.1, 0.15) is 23.1 Å². The summed E-state index contributed by atoms with van der Waals surface area (Å²) < 4.78 is 25.0. The predicted molar refractivity (Wildman–Crippen MR) is 81.5 cm³/mol. The summed E-state index contributed by atoms with van der Waals surface area (Å²) in [5.41, 5.74) is 6.03. The second-order valence-corrected chi connectivity index (χ2v) is 4.68. The van der Waals surface area contributed by atoms with Crippen molar-refractivity contribution in [3.8, 4) is 17.2 Å². The number of ether oxygens (including phenoxy) is 2. The van der Waals surface area contributed by atoms with Gasteiger partial charge in [0.15, 0.2) is 0 Å². The van der Waals surface area contributed by atoms with E-state index in [2.05, 4.69) is 6.92 Å². The molecule has 0 aromatic heterocycles. The van der Waals surface area contributed by atoms with Crippen molar-refractivity contribution in [2.75, 3.05) is 13.2 Å². The van der Waals surface area contributed by atoms with Crippen LogP contribution in [0, 0.1) is 5.82 Å². The van der Waals surface area contributed by atoms with E-state index in [4.69, 9.17) is 15.2 Å². The first kappa shape index (κ1) is 15.3. The van der Waals surface area contributed by atoms with E-state index in [1.165, 1.54) is 6.07 Å². The first-order chi connectivity index (χ1) is 10.2. The van der Waals surface area contributed by atoms with E-state index < -0.39 is 0 Å². The van der Waals surface area contributed by atoms with Gasteiger partial charge in [-0.15, -0.1) is 0 Å². The molecule has 0 radical (unpaired) electrons. The van der Waals surface area contributed by atoms with Gasteiger partial charge in [-0.2, -0.15) is 0 Å². The van der Waals surface area contributed by atoms with Crippen LogP contribution in [0.4, 0.5) is 4.39 Å². The molecule has 112 valence electrons. The molecule has 0 aliphatic rings. The largest absolute Gasteiger partial charge is 0.494 e. The molecule has 0 aliphatic heterocycles. The van der Waals surface area contributed by atoms with Gasteiger partial charge in [-0.3, -0.25) is 0 Å². The number of nitrogens with two attached hydrogens (primary N) is 1. The third kappa shape index (κ3) is 4.20. The fourth-order valence-corrected chi connectivity index (χ4v) is 1.97. The fraction of sp³-hybridized carbons (Fsp3) is 0.294. The number of halogens is 1. The number of benzene rings is 2. The standard InChI is InChI=1S/C17H20FNO2/c1-2-12-20-13-6-8-14(9-7-13)21-17-5-3-4-16(18)15(17)10-11-19/h3-9H,2,10-12,19H2,1H3. The van der Waals surface area contributed by atoms with E-state index >= 15 is 0 Å². The number of hydrogen-bond acceptors (Lipinski definition) is 3. The van der Waals surface area contributed by atoms with Gasteiger partial charge in [-0.1, -0.05) is 13.0 Å². The molecule has 0 saturated carbocycles. The van der Waals surface area contributed by atoms with E-state index in [0.717, 1.165) is 12.2 Å². The normalized spacial score (nSPS) is 10.4. The zero-order valence-corrected chi connectivity index (χ0v) is 12.1. The summed E-state index contributed by atoms with van der Waals surface area (Å²) in [5, 5.41) is 0. The summed E-state index contributed by atoms with van der Waals surface area (Å²) in [4.78, 5) is 0. The summed E-state index contributed by atoms with van der Waals surface area (Å²) in [6.07, 6.45) is 1.41. The Labute approximate surface area is 124 Å². The summed E-state index contributed by atoms with van der Waals surface area (Å²) in [5.74, 6) is 1.65. The van der Waals surface area contributed by atoms with Crippen molar-refractivity contribution in [3.63, 3.8) is 0 Å². The van der Waals surface area contributed by atoms with Crippen LogP contribution in [0.25, 0.3) is 0 Å². The van der Waals surface area contributed by atoms with Crippen molar-refractivity contribution in [3.05, 3.63) is 53.8 Å². The highest BCUT2D eigenvalue weighted by atomic mass is 19.1. The lowest BCUT2D eigenvalue weighted by Crippen LogP contribution is -2.06. The summed E-state index contributed by atoms with van der Waals surface area (Å²) in [6.45, 7) is 3.12. The zero-order chi connectivity index (χ0) is 15.1. The fourth-order valence-electron chi connectivity index (χ4n) is 1.97. The van der Waals surface area contributed by atoms with Gasteiger partial charge in [0, 0.05) is 5.56 Å². The zero-order valence-electron chi connectivity index (χ0n) is 12.1. The highest BCUT2D eigenvalue weighted by Gasteiger charge is 2.09. The molecule has 21 heavy (non-hydrogen) atoms. The van der Waals surface area contributed by atoms with E-state index in [1.54, 1.807) is 12.1 Å². The van der Waals surface area contributed by atoms with Gasteiger partial charge in [0.05, 0.1) is 6.61 Å². The van der Waals surface area contributed by atoms with E-state index in [-0.39, 0.29) is 5.82 Å². The maximum atomic E-state index is 13.8. The van der Waals surface area contributed by atoms with Crippen LogP contribution in [-0.2, 0) is 6.42 Å². The van der Waals surface area contributed by atoms with Crippen molar-refractivity contribution < 1.29 is 13.9 Å². The van der Waals surface area contributed by atoms with Gasteiger partial charge in [-0.25, -0.2) is 4.39 Å². The molecule has 2 rings (SSSR count). The van der Waals surface area contributed by atoms with Crippen molar-refractivity contribution in [2.45, 2.75) is 19.8 Å². The highest BCUT2D eigenvalue weighted by molar-refractivity contribution is 5.40. The average Bonchev–Trinajstić information content (AvgIpc) is 2.50. The second-order valence-electron chi connectivity index (χ2n) is 4.68. The average molecular weight is 289 g/mol. The SMILES string of the molecule is CCCOc1ccc(Oc2cccc(F)c2CCN)cc1. The minimum absolute atomic E-state index is 0.291. The van der Waals surface area contributed by atoms with Gasteiger partial charge in [0.2, 0.25) is 0 Å². The van der Waals surface area contributed by atoms with Gasteiger partial charge in [-0.05, 0) is 55.8 Å². The summed E-state index contributed by atoms with van der Waals surface area (Å²) >= 11 is 0. The molecule has 0 bridgehead atoms. The van der Waals surface area contributed by atoms with Gasteiger partial charge in [0.25, 0.3) is 0 Å². The Bertz CT molecular complexity index is 570. The Morgan fingerprint density at radius 1 is 1.05 bits per heavy atom. The molecular formula is C17H20FNO2. The predicted octanol–water partition coefficient (Wildman–Crippen LogP) is 3.91. The van der Waals surface area contributed by atoms with Crippen molar-refractivity contribution in [2.24, 2.45) is 5.73 Å². The molecule has 0 saturated heterocycles. The molecule has 2 aromatic rings. The quantitative estimate of drug-likeness (QED) is 0.840. The molecule has 0 aliphatic carbocycles. The minimum Gasteiger partial charge on any atom is -0.494 e. The van der Waals surface area contributed by atoms with E-state index in [0.29, 0.717) is 36.6 Å². The number of rotatable bonds is 7. The van der Waals surface area contributed by atoms with E-state index in [1.807, 2.05) is 24.3 Å². The summed E-state index contributed by atoms with van der Waals surface area (Å²) in [7, 11) is 0. The van der Waals surface area contributed by atoms with Crippen LogP contribution in [0.5, 0.6) is 17.2 Å². The van der Waals surface area contributed by atoms with E-state index in [9.17, 15) is 4.39 Å². The molecule has 2 N–H and O–H groups in total. The van der Waals surface area contributed by atoms with Crippen LogP contribution < -0.4 is 15.2 Å². The smallest absolute Gasteiger partial charge is 0.133 e. The molecular weight excluding hydrogens is 269 g/mol. The first-order valence-electron chi connectivity index (χ1n) is 7.12. The molecule has 0 heterocycles. The summed E-state index contributed by atoms with van der Waals surface area (Å²) in [6, 6.07) is 12.1. The van der Waals surface area contributed by atoms with Crippen molar-refractivity contribution >= 4 is 0 Å². The maximum Gasteiger partial charge on any atom is 0.133 e. The first-order valence-corrected chi connectivity index (χ1v) is 7.12.